The van der Waals surface area contributed by atoms with Crippen LogP contribution in [0.1, 0.15) is 26.2 Å². The van der Waals surface area contributed by atoms with E-state index in [1.165, 1.54) is 26.4 Å². The SMILES string of the molecule is CCCCCN1CC1C(=O)OC. The first-order chi connectivity index (χ1) is 5.79. The largest absolute Gasteiger partial charge is 0.468 e. The molecule has 0 aromatic rings. The second-order valence-corrected chi connectivity index (χ2v) is 3.24. The Kier molecular flexibility index (Phi) is 3.53. The summed E-state index contributed by atoms with van der Waals surface area (Å²) in [5.41, 5.74) is 0. The quantitative estimate of drug-likeness (QED) is 0.351. The van der Waals surface area contributed by atoms with Crippen LogP contribution in [0.3, 0.4) is 0 Å². The third kappa shape index (κ3) is 2.48. The van der Waals surface area contributed by atoms with Crippen LogP contribution >= 0.6 is 0 Å². The topological polar surface area (TPSA) is 29.3 Å². The van der Waals surface area contributed by atoms with Gasteiger partial charge in [0.1, 0.15) is 6.04 Å². The predicted octanol–water partition coefficient (Wildman–Crippen LogP) is 1.03. The minimum Gasteiger partial charge on any atom is -0.468 e. The molecule has 0 amide bonds. The first kappa shape index (κ1) is 9.52. The zero-order chi connectivity index (χ0) is 8.97. The number of carbonyl (C=O) groups is 1. The van der Waals surface area contributed by atoms with Crippen LogP contribution in [0.15, 0.2) is 0 Å². The third-order valence-electron chi connectivity index (χ3n) is 2.24. The summed E-state index contributed by atoms with van der Waals surface area (Å²) in [6, 6.07) is 0.0758. The maximum Gasteiger partial charge on any atom is 0.324 e. The molecule has 1 heterocycles. The highest BCUT2D eigenvalue weighted by molar-refractivity contribution is 5.78. The van der Waals surface area contributed by atoms with Gasteiger partial charge in [0.15, 0.2) is 0 Å². The van der Waals surface area contributed by atoms with Gasteiger partial charge in [-0.2, -0.15) is 0 Å². The lowest BCUT2D eigenvalue weighted by Gasteiger charge is -2.00. The summed E-state index contributed by atoms with van der Waals surface area (Å²) in [5, 5.41) is 0. The first-order valence-electron chi connectivity index (χ1n) is 4.61. The lowest BCUT2D eigenvalue weighted by molar-refractivity contribution is -0.140. The van der Waals surface area contributed by atoms with Crippen molar-refractivity contribution in [2.24, 2.45) is 0 Å². The lowest BCUT2D eigenvalue weighted by atomic mass is 10.2. The Hall–Kier alpha value is -0.570. The van der Waals surface area contributed by atoms with Crippen LogP contribution in [0.2, 0.25) is 0 Å². The number of hydrogen-bond donors (Lipinski definition) is 0. The molecule has 1 aliphatic heterocycles. The van der Waals surface area contributed by atoms with Gasteiger partial charge in [0.2, 0.25) is 0 Å². The van der Waals surface area contributed by atoms with Gasteiger partial charge in [-0.25, -0.2) is 0 Å². The molecule has 0 N–H and O–H groups in total. The molecule has 70 valence electrons. The van der Waals surface area contributed by atoms with E-state index in [9.17, 15) is 4.79 Å². The van der Waals surface area contributed by atoms with Crippen molar-refractivity contribution in [2.75, 3.05) is 20.2 Å². The molecule has 0 saturated carbocycles. The van der Waals surface area contributed by atoms with Gasteiger partial charge in [0, 0.05) is 6.54 Å². The van der Waals surface area contributed by atoms with E-state index >= 15 is 0 Å². The average Bonchev–Trinajstić information content (AvgIpc) is 2.83. The molecule has 1 fully saturated rings. The molecule has 3 nitrogen and oxygen atoms in total. The summed E-state index contributed by atoms with van der Waals surface area (Å²) in [6.45, 7) is 4.13. The van der Waals surface area contributed by atoms with Gasteiger partial charge in [0.25, 0.3) is 0 Å². The van der Waals surface area contributed by atoms with E-state index in [-0.39, 0.29) is 12.0 Å². The normalized spacial score (nSPS) is 26.8. The Bertz CT molecular complexity index is 159. The highest BCUT2D eigenvalue weighted by Crippen LogP contribution is 2.19. The van der Waals surface area contributed by atoms with Crippen molar-refractivity contribution in [2.45, 2.75) is 32.2 Å². The average molecular weight is 171 g/mol. The third-order valence-corrected chi connectivity index (χ3v) is 2.24. The number of unbranched alkanes of at least 4 members (excludes halogenated alkanes) is 2. The second-order valence-electron chi connectivity index (χ2n) is 3.24. The van der Waals surface area contributed by atoms with Gasteiger partial charge in [-0.1, -0.05) is 19.8 Å². The maximum atomic E-state index is 11.0. The number of esters is 1. The fourth-order valence-corrected chi connectivity index (χ4v) is 1.35. The number of ether oxygens (including phenoxy) is 1. The Morgan fingerprint density at radius 3 is 2.92 bits per heavy atom. The fraction of sp³-hybridized carbons (Fsp3) is 0.889. The minimum absolute atomic E-state index is 0.0758. The van der Waals surface area contributed by atoms with Crippen LogP contribution in [0, 0.1) is 0 Å². The van der Waals surface area contributed by atoms with Gasteiger partial charge >= 0.3 is 5.97 Å². The molecule has 0 aromatic heterocycles. The van der Waals surface area contributed by atoms with Crippen molar-refractivity contribution < 1.29 is 9.53 Å². The van der Waals surface area contributed by atoms with Gasteiger partial charge in [0.05, 0.1) is 7.11 Å². The zero-order valence-electron chi connectivity index (χ0n) is 7.88. The molecule has 12 heavy (non-hydrogen) atoms. The smallest absolute Gasteiger partial charge is 0.324 e. The molecular formula is C9H17NO2. The Morgan fingerprint density at radius 1 is 1.58 bits per heavy atom. The van der Waals surface area contributed by atoms with E-state index in [1.807, 2.05) is 0 Å². The van der Waals surface area contributed by atoms with Crippen LogP contribution in [-0.4, -0.2) is 37.1 Å². The molecule has 1 aliphatic rings. The molecule has 1 saturated heterocycles. The molecular weight excluding hydrogens is 154 g/mol. The van der Waals surface area contributed by atoms with E-state index in [2.05, 4.69) is 16.6 Å². The predicted molar refractivity (Wildman–Crippen MR) is 46.9 cm³/mol. The first-order valence-corrected chi connectivity index (χ1v) is 4.61. The molecule has 0 bridgehead atoms. The zero-order valence-corrected chi connectivity index (χ0v) is 7.88. The molecule has 0 spiro atoms. The Balaban J connectivity index is 2.04. The van der Waals surface area contributed by atoms with Crippen LogP contribution in [0.4, 0.5) is 0 Å². The number of methoxy groups -OCH3 is 1. The Morgan fingerprint density at radius 2 is 2.33 bits per heavy atom. The van der Waals surface area contributed by atoms with Gasteiger partial charge in [-0.15, -0.1) is 0 Å². The molecule has 0 aromatic carbocycles. The standard InChI is InChI=1S/C9H17NO2/c1-3-4-5-6-10-7-8(10)9(11)12-2/h8H,3-7H2,1-2H3. The molecule has 2 unspecified atom stereocenters. The van der Waals surface area contributed by atoms with Gasteiger partial charge in [-0.05, 0) is 13.0 Å². The van der Waals surface area contributed by atoms with Crippen LogP contribution in [-0.2, 0) is 9.53 Å². The molecule has 1 rings (SSSR count). The van der Waals surface area contributed by atoms with Crippen molar-refractivity contribution in [1.29, 1.82) is 0 Å². The molecule has 3 heteroatoms. The molecule has 0 aliphatic carbocycles. The maximum absolute atomic E-state index is 11.0. The van der Waals surface area contributed by atoms with Crippen LogP contribution in [0.25, 0.3) is 0 Å². The van der Waals surface area contributed by atoms with E-state index in [4.69, 9.17) is 0 Å². The minimum atomic E-state index is -0.0773. The van der Waals surface area contributed by atoms with Gasteiger partial charge in [-0.3, -0.25) is 9.69 Å². The summed E-state index contributed by atoms with van der Waals surface area (Å²) in [4.78, 5) is 13.1. The highest BCUT2D eigenvalue weighted by atomic mass is 16.5. The van der Waals surface area contributed by atoms with Crippen molar-refractivity contribution >= 4 is 5.97 Å². The summed E-state index contributed by atoms with van der Waals surface area (Å²) >= 11 is 0. The van der Waals surface area contributed by atoms with Crippen LogP contribution in [0.5, 0.6) is 0 Å². The van der Waals surface area contributed by atoms with E-state index in [0.717, 1.165) is 13.1 Å². The lowest BCUT2D eigenvalue weighted by Crippen LogP contribution is -2.15. The summed E-state index contributed by atoms with van der Waals surface area (Å²) in [7, 11) is 1.45. The summed E-state index contributed by atoms with van der Waals surface area (Å²) < 4.78 is 4.63. The molecule has 0 radical (unpaired) electrons. The summed E-state index contributed by atoms with van der Waals surface area (Å²) in [6.07, 6.45) is 3.69. The monoisotopic (exact) mass is 171 g/mol. The number of rotatable bonds is 5. The van der Waals surface area contributed by atoms with E-state index in [1.54, 1.807) is 0 Å². The van der Waals surface area contributed by atoms with Crippen molar-refractivity contribution in [3.05, 3.63) is 0 Å². The van der Waals surface area contributed by atoms with Crippen molar-refractivity contribution in [1.82, 2.24) is 4.90 Å². The van der Waals surface area contributed by atoms with E-state index < -0.39 is 0 Å². The fourth-order valence-electron chi connectivity index (χ4n) is 1.35. The summed E-state index contributed by atoms with van der Waals surface area (Å²) in [5.74, 6) is -0.0773. The Labute approximate surface area is 73.7 Å². The van der Waals surface area contributed by atoms with Gasteiger partial charge < -0.3 is 4.74 Å². The second kappa shape index (κ2) is 4.45. The number of hydrogen-bond acceptors (Lipinski definition) is 3. The van der Waals surface area contributed by atoms with Crippen molar-refractivity contribution in [3.63, 3.8) is 0 Å². The van der Waals surface area contributed by atoms with E-state index in [0.29, 0.717) is 0 Å². The number of nitrogens with zero attached hydrogens (tertiary/aromatic N) is 1. The van der Waals surface area contributed by atoms with Crippen LogP contribution < -0.4 is 0 Å². The molecule has 2 atom stereocenters. The van der Waals surface area contributed by atoms with Crippen molar-refractivity contribution in [3.8, 4) is 0 Å². The highest BCUT2D eigenvalue weighted by Gasteiger charge is 2.40. The number of carbonyl (C=O) groups excluding carboxylic acids is 1.